The second-order valence-electron chi connectivity index (χ2n) is 14.1. The van der Waals surface area contributed by atoms with Crippen molar-refractivity contribution in [2.45, 2.75) is 181 Å². The van der Waals surface area contributed by atoms with Crippen molar-refractivity contribution in [3.8, 4) is 0 Å². The summed E-state index contributed by atoms with van der Waals surface area (Å²) in [6.07, 6.45) is 31.6. The maximum absolute atomic E-state index is 12.3. The molecule has 0 spiro atoms. The molecule has 0 aliphatic rings. The van der Waals surface area contributed by atoms with Crippen LogP contribution in [0.15, 0.2) is 0 Å². The van der Waals surface area contributed by atoms with Gasteiger partial charge in [-0.25, -0.2) is 4.79 Å². The Morgan fingerprint density at radius 3 is 1.56 bits per heavy atom. The van der Waals surface area contributed by atoms with E-state index in [1.165, 1.54) is 122 Å². The van der Waals surface area contributed by atoms with E-state index in [1.807, 2.05) is 0 Å². The normalized spacial score (nSPS) is 11.5. The predicted molar refractivity (Wildman–Crippen MR) is 182 cm³/mol. The van der Waals surface area contributed by atoms with Crippen LogP contribution in [0.25, 0.3) is 0 Å². The second-order valence-corrected chi connectivity index (χ2v) is 14.1. The van der Waals surface area contributed by atoms with Crippen molar-refractivity contribution in [2.24, 2.45) is 5.92 Å². The van der Waals surface area contributed by atoms with Crippen LogP contribution in [0.2, 0.25) is 0 Å². The molecule has 1 amide bonds. The number of likely N-dealkylation sites (N-methyl/N-ethyl adjacent to an activating group) is 1. The van der Waals surface area contributed by atoms with E-state index < -0.39 is 0 Å². The van der Waals surface area contributed by atoms with Gasteiger partial charge in [-0.1, -0.05) is 156 Å². The van der Waals surface area contributed by atoms with Crippen LogP contribution >= 0.6 is 0 Å². The number of hydrogen-bond donors (Lipinski definition) is 1. The lowest BCUT2D eigenvalue weighted by Crippen LogP contribution is -3.00. The zero-order valence-electron chi connectivity index (χ0n) is 29.6. The highest BCUT2D eigenvalue weighted by Gasteiger charge is 2.20. The van der Waals surface area contributed by atoms with E-state index in [1.54, 1.807) is 0 Å². The van der Waals surface area contributed by atoms with Gasteiger partial charge in [0.15, 0.2) is 6.54 Å². The highest BCUT2D eigenvalue weighted by atomic mass is 35.5. The summed E-state index contributed by atoms with van der Waals surface area (Å²) in [5.74, 6) is 0.923. The minimum absolute atomic E-state index is 0. The van der Waals surface area contributed by atoms with Crippen LogP contribution in [0.3, 0.4) is 0 Å². The van der Waals surface area contributed by atoms with E-state index in [0.29, 0.717) is 30.6 Å². The average molecular weight is 631 g/mol. The predicted octanol–water partition coefficient (Wildman–Crippen LogP) is 7.15. The summed E-state index contributed by atoms with van der Waals surface area (Å²) in [5, 5.41) is 3.07. The lowest BCUT2D eigenvalue weighted by atomic mass is 10.0. The molecule has 6 heteroatoms. The number of rotatable bonds is 32. The average Bonchev–Trinajstić information content (AvgIpc) is 2.93. The summed E-state index contributed by atoms with van der Waals surface area (Å²) < 4.78 is 6.09. The van der Waals surface area contributed by atoms with E-state index in [0.717, 1.165) is 44.6 Å². The molecule has 0 unspecified atom stereocenters. The molecule has 0 aromatic heterocycles. The fraction of sp³-hybridized carbons (Fsp3) is 0.946. The van der Waals surface area contributed by atoms with Crippen LogP contribution in [-0.2, 0) is 14.3 Å². The third kappa shape index (κ3) is 35.5. The number of quaternary nitrogens is 1. The standard InChI is InChI=1S/C37H74N2O3.ClH/c1-6-7-8-9-10-11-18-21-24-27-33-42-37(41)34-39(4,5)32-28-31-38-36(40)30-26-23-20-17-15-13-12-14-16-19-22-25-29-35(2)3;/h35H,6-34H2,1-5H3;1H. The summed E-state index contributed by atoms with van der Waals surface area (Å²) >= 11 is 0. The van der Waals surface area contributed by atoms with Gasteiger partial charge < -0.3 is 26.9 Å². The molecule has 0 fully saturated rings. The van der Waals surface area contributed by atoms with Crippen molar-refractivity contribution in [1.29, 1.82) is 0 Å². The lowest BCUT2D eigenvalue weighted by molar-refractivity contribution is -0.883. The molecule has 0 aliphatic heterocycles. The smallest absolute Gasteiger partial charge is 0.361 e. The first-order chi connectivity index (χ1) is 20.3. The van der Waals surface area contributed by atoms with Gasteiger partial charge in [-0.15, -0.1) is 0 Å². The van der Waals surface area contributed by atoms with Gasteiger partial charge in [0.1, 0.15) is 0 Å². The zero-order chi connectivity index (χ0) is 31.2. The quantitative estimate of drug-likeness (QED) is 0.0488. The molecule has 0 atom stereocenters. The third-order valence-corrected chi connectivity index (χ3v) is 8.52. The monoisotopic (exact) mass is 631 g/mol. The molecule has 0 radical (unpaired) electrons. The lowest BCUT2D eigenvalue weighted by Gasteiger charge is -2.28. The Hall–Kier alpha value is -0.810. The Bertz CT molecular complexity index is 613. The summed E-state index contributed by atoms with van der Waals surface area (Å²) in [6.45, 7) is 9.38. The second kappa shape index (κ2) is 32.6. The van der Waals surface area contributed by atoms with Crippen molar-refractivity contribution in [2.75, 3.05) is 40.3 Å². The summed E-state index contributed by atoms with van der Waals surface area (Å²) in [5.41, 5.74) is 0. The van der Waals surface area contributed by atoms with Gasteiger partial charge in [-0.2, -0.15) is 0 Å². The van der Waals surface area contributed by atoms with E-state index in [9.17, 15) is 9.59 Å². The molecule has 0 rings (SSSR count). The van der Waals surface area contributed by atoms with Gasteiger partial charge in [0.2, 0.25) is 5.91 Å². The van der Waals surface area contributed by atoms with Crippen molar-refractivity contribution >= 4 is 11.9 Å². The van der Waals surface area contributed by atoms with Gasteiger partial charge in [-0.3, -0.25) is 4.79 Å². The number of carbonyl (C=O) groups is 2. The zero-order valence-corrected chi connectivity index (χ0v) is 30.4. The highest BCUT2D eigenvalue weighted by molar-refractivity contribution is 5.75. The summed E-state index contributed by atoms with van der Waals surface area (Å²) in [4.78, 5) is 24.4. The molecule has 0 saturated heterocycles. The fourth-order valence-corrected chi connectivity index (χ4v) is 5.68. The first-order valence-corrected chi connectivity index (χ1v) is 18.5. The number of carbonyl (C=O) groups excluding carboxylic acids is 2. The largest absolute Gasteiger partial charge is 1.00 e. The van der Waals surface area contributed by atoms with Crippen molar-refractivity contribution in [3.63, 3.8) is 0 Å². The third-order valence-electron chi connectivity index (χ3n) is 8.52. The minimum Gasteiger partial charge on any atom is -1.00 e. The van der Waals surface area contributed by atoms with Crippen LogP contribution in [0.5, 0.6) is 0 Å². The van der Waals surface area contributed by atoms with Crippen LogP contribution in [-0.4, -0.2) is 56.7 Å². The van der Waals surface area contributed by atoms with Gasteiger partial charge in [0.05, 0.1) is 27.2 Å². The van der Waals surface area contributed by atoms with Crippen LogP contribution < -0.4 is 17.7 Å². The van der Waals surface area contributed by atoms with Crippen molar-refractivity contribution < 1.29 is 31.2 Å². The SMILES string of the molecule is CCCCCCCCCCCCOC(=O)C[N+](C)(C)CCCNC(=O)CCCCCCCCCCCCCCC(C)C.[Cl-]. The number of esters is 1. The minimum atomic E-state index is -0.104. The molecule has 0 aromatic carbocycles. The number of nitrogens with one attached hydrogen (secondary N) is 1. The Kier molecular flexibility index (Phi) is 33.6. The number of unbranched alkanes of at least 4 members (excludes halogenated alkanes) is 20. The number of nitrogens with zero attached hydrogens (tertiary/aromatic N) is 1. The van der Waals surface area contributed by atoms with E-state index >= 15 is 0 Å². The fourth-order valence-electron chi connectivity index (χ4n) is 5.68. The molecular weight excluding hydrogens is 556 g/mol. The van der Waals surface area contributed by atoms with Crippen LogP contribution in [0.1, 0.15) is 181 Å². The molecule has 0 bridgehead atoms. The number of amides is 1. The van der Waals surface area contributed by atoms with Gasteiger partial charge in [0, 0.05) is 19.4 Å². The summed E-state index contributed by atoms with van der Waals surface area (Å²) in [7, 11) is 4.14. The first kappa shape index (κ1) is 44.3. The van der Waals surface area contributed by atoms with E-state index in [2.05, 4.69) is 40.2 Å². The number of halogens is 1. The Morgan fingerprint density at radius 2 is 1.07 bits per heavy atom. The Labute approximate surface area is 275 Å². The number of hydrogen-bond acceptors (Lipinski definition) is 3. The maximum atomic E-state index is 12.3. The van der Waals surface area contributed by atoms with Gasteiger partial charge >= 0.3 is 5.97 Å². The molecule has 0 aromatic rings. The molecule has 258 valence electrons. The van der Waals surface area contributed by atoms with Crippen LogP contribution in [0.4, 0.5) is 0 Å². The molecule has 1 N–H and O–H groups in total. The first-order valence-electron chi connectivity index (χ1n) is 18.5. The number of ether oxygens (including phenoxy) is 1. The van der Waals surface area contributed by atoms with E-state index in [-0.39, 0.29) is 24.3 Å². The Balaban J connectivity index is 0. The molecule has 43 heavy (non-hydrogen) atoms. The topological polar surface area (TPSA) is 55.4 Å². The van der Waals surface area contributed by atoms with Crippen molar-refractivity contribution in [3.05, 3.63) is 0 Å². The van der Waals surface area contributed by atoms with Crippen LogP contribution in [0, 0.1) is 5.92 Å². The molecule has 0 saturated carbocycles. The molecule has 5 nitrogen and oxygen atoms in total. The molecule has 0 aliphatic carbocycles. The van der Waals surface area contributed by atoms with Gasteiger partial charge in [-0.05, 0) is 18.8 Å². The maximum Gasteiger partial charge on any atom is 0.361 e. The summed E-state index contributed by atoms with van der Waals surface area (Å²) in [6, 6.07) is 0. The van der Waals surface area contributed by atoms with E-state index in [4.69, 9.17) is 4.74 Å². The van der Waals surface area contributed by atoms with Gasteiger partial charge in [0.25, 0.3) is 0 Å². The Morgan fingerprint density at radius 1 is 0.628 bits per heavy atom. The highest BCUT2D eigenvalue weighted by Crippen LogP contribution is 2.15. The van der Waals surface area contributed by atoms with Crippen molar-refractivity contribution in [1.82, 2.24) is 5.32 Å². The molecular formula is C37H75ClN2O3. The molecule has 0 heterocycles.